The molecule has 2 saturated heterocycles. The van der Waals surface area contributed by atoms with Crippen molar-refractivity contribution in [2.24, 2.45) is 5.41 Å². The molecule has 0 radical (unpaired) electrons. The van der Waals surface area contributed by atoms with Crippen LogP contribution in [0.2, 0.25) is 0 Å². The second-order valence-electron chi connectivity index (χ2n) is 7.49. The monoisotopic (exact) mass is 347 g/mol. The summed E-state index contributed by atoms with van der Waals surface area (Å²) in [7, 11) is 3.51. The van der Waals surface area contributed by atoms with Gasteiger partial charge in [-0.05, 0) is 43.5 Å². The summed E-state index contributed by atoms with van der Waals surface area (Å²) in [6.45, 7) is 3.02. The van der Waals surface area contributed by atoms with Gasteiger partial charge < -0.3 is 9.80 Å². The van der Waals surface area contributed by atoms with Crippen molar-refractivity contribution in [1.29, 1.82) is 0 Å². The Morgan fingerprint density at radius 2 is 2.08 bits per heavy atom. The second-order valence-corrected chi connectivity index (χ2v) is 7.49. The summed E-state index contributed by atoms with van der Waals surface area (Å²) < 4.78 is 13.4. The molecule has 2 aliphatic rings. The number of benzene rings is 1. The summed E-state index contributed by atoms with van der Waals surface area (Å²) in [4.78, 5) is 30.6. The number of hydrogen-bond donors (Lipinski definition) is 0. The normalized spacial score (nSPS) is 24.1. The van der Waals surface area contributed by atoms with E-state index in [1.807, 2.05) is 11.0 Å². The van der Waals surface area contributed by atoms with E-state index >= 15 is 0 Å². The molecule has 1 aromatic carbocycles. The SMILES string of the molecule is CN(C)C(=O)CN1CCCC2(CCN(Cc3cccc(F)c3)C2=O)C1. The van der Waals surface area contributed by atoms with Crippen LogP contribution in [-0.2, 0) is 16.1 Å². The van der Waals surface area contributed by atoms with Gasteiger partial charge in [0.05, 0.1) is 12.0 Å². The van der Waals surface area contributed by atoms with E-state index < -0.39 is 0 Å². The highest BCUT2D eigenvalue weighted by Gasteiger charge is 2.48. The zero-order chi connectivity index (χ0) is 18.0. The van der Waals surface area contributed by atoms with E-state index in [2.05, 4.69) is 4.90 Å². The minimum absolute atomic E-state index is 0.0686. The average molecular weight is 347 g/mol. The van der Waals surface area contributed by atoms with E-state index in [1.54, 1.807) is 25.1 Å². The van der Waals surface area contributed by atoms with E-state index in [0.29, 0.717) is 26.2 Å². The van der Waals surface area contributed by atoms with E-state index in [-0.39, 0.29) is 23.0 Å². The molecule has 5 nitrogen and oxygen atoms in total. The molecule has 0 aliphatic carbocycles. The lowest BCUT2D eigenvalue weighted by Crippen LogP contribution is -2.50. The number of halogens is 1. The number of hydrogen-bond acceptors (Lipinski definition) is 3. The number of carbonyl (C=O) groups excluding carboxylic acids is 2. The molecule has 0 aromatic heterocycles. The van der Waals surface area contributed by atoms with Gasteiger partial charge in [0.2, 0.25) is 11.8 Å². The lowest BCUT2D eigenvalue weighted by Gasteiger charge is -2.39. The lowest BCUT2D eigenvalue weighted by molar-refractivity contribution is -0.141. The van der Waals surface area contributed by atoms with Crippen molar-refractivity contribution in [3.8, 4) is 0 Å². The minimum atomic E-state index is -0.377. The van der Waals surface area contributed by atoms with Gasteiger partial charge >= 0.3 is 0 Å². The van der Waals surface area contributed by atoms with Gasteiger partial charge in [0, 0.05) is 33.7 Å². The van der Waals surface area contributed by atoms with Crippen LogP contribution in [0.4, 0.5) is 4.39 Å². The molecule has 1 unspecified atom stereocenters. The molecule has 1 atom stereocenters. The Morgan fingerprint density at radius 1 is 1.28 bits per heavy atom. The fraction of sp³-hybridized carbons (Fsp3) is 0.579. The third kappa shape index (κ3) is 3.84. The molecule has 6 heteroatoms. The summed E-state index contributed by atoms with van der Waals surface area (Å²) in [6.07, 6.45) is 2.62. The summed E-state index contributed by atoms with van der Waals surface area (Å²) >= 11 is 0. The van der Waals surface area contributed by atoms with E-state index in [0.717, 1.165) is 31.4 Å². The topological polar surface area (TPSA) is 43.9 Å². The Labute approximate surface area is 148 Å². The lowest BCUT2D eigenvalue weighted by atomic mass is 9.78. The number of likely N-dealkylation sites (tertiary alicyclic amines) is 2. The predicted octanol–water partition coefficient (Wildman–Crippen LogP) is 1.73. The standard InChI is InChI=1S/C19H26FN3O2/c1-21(2)17(24)13-22-9-4-7-19(14-22)8-10-23(18(19)25)12-15-5-3-6-16(20)11-15/h3,5-6,11H,4,7-10,12-14H2,1-2H3. The van der Waals surface area contributed by atoms with Crippen LogP contribution < -0.4 is 0 Å². The maximum Gasteiger partial charge on any atom is 0.236 e. The smallest absolute Gasteiger partial charge is 0.236 e. The Balaban J connectivity index is 1.66. The van der Waals surface area contributed by atoms with Gasteiger partial charge in [-0.15, -0.1) is 0 Å². The van der Waals surface area contributed by atoms with Gasteiger partial charge in [-0.3, -0.25) is 14.5 Å². The number of carbonyl (C=O) groups is 2. The maximum atomic E-state index is 13.4. The molecule has 3 rings (SSSR count). The molecule has 2 heterocycles. The fourth-order valence-corrected chi connectivity index (χ4v) is 3.97. The number of rotatable bonds is 4. The van der Waals surface area contributed by atoms with Crippen molar-refractivity contribution in [1.82, 2.24) is 14.7 Å². The Hall–Kier alpha value is -1.95. The van der Waals surface area contributed by atoms with E-state index in [4.69, 9.17) is 0 Å². The van der Waals surface area contributed by atoms with Gasteiger partial charge in [0.25, 0.3) is 0 Å². The molecule has 25 heavy (non-hydrogen) atoms. The van der Waals surface area contributed by atoms with Crippen molar-refractivity contribution in [3.63, 3.8) is 0 Å². The van der Waals surface area contributed by atoms with Crippen LogP contribution in [0, 0.1) is 11.2 Å². The van der Waals surface area contributed by atoms with Crippen molar-refractivity contribution >= 4 is 11.8 Å². The van der Waals surface area contributed by atoms with Crippen molar-refractivity contribution < 1.29 is 14.0 Å². The summed E-state index contributed by atoms with van der Waals surface area (Å²) in [6, 6.07) is 6.43. The number of nitrogens with zero attached hydrogens (tertiary/aromatic N) is 3. The molecule has 2 aliphatic heterocycles. The molecule has 1 spiro atoms. The van der Waals surface area contributed by atoms with Crippen molar-refractivity contribution in [3.05, 3.63) is 35.6 Å². The third-order valence-corrected chi connectivity index (χ3v) is 5.38. The number of likely N-dealkylation sites (N-methyl/N-ethyl adjacent to an activating group) is 1. The van der Waals surface area contributed by atoms with Gasteiger partial charge in [-0.1, -0.05) is 12.1 Å². The van der Waals surface area contributed by atoms with E-state index in [1.165, 1.54) is 12.1 Å². The van der Waals surface area contributed by atoms with Crippen LogP contribution in [0.5, 0.6) is 0 Å². The highest BCUT2D eigenvalue weighted by molar-refractivity contribution is 5.85. The largest absolute Gasteiger partial charge is 0.348 e. The van der Waals surface area contributed by atoms with E-state index in [9.17, 15) is 14.0 Å². The van der Waals surface area contributed by atoms with Crippen LogP contribution in [0.25, 0.3) is 0 Å². The maximum absolute atomic E-state index is 13.4. The first-order valence-electron chi connectivity index (χ1n) is 8.86. The first kappa shape index (κ1) is 17.9. The molecular formula is C19H26FN3O2. The summed E-state index contributed by atoms with van der Waals surface area (Å²) in [5, 5.41) is 0. The number of amides is 2. The third-order valence-electron chi connectivity index (χ3n) is 5.38. The van der Waals surface area contributed by atoms with Crippen LogP contribution in [0.3, 0.4) is 0 Å². The molecular weight excluding hydrogens is 321 g/mol. The highest BCUT2D eigenvalue weighted by Crippen LogP contribution is 2.40. The predicted molar refractivity (Wildman–Crippen MR) is 93.2 cm³/mol. The summed E-state index contributed by atoms with van der Waals surface area (Å²) in [5.41, 5.74) is 0.443. The molecule has 0 bridgehead atoms. The Bertz CT molecular complexity index is 664. The average Bonchev–Trinajstić information content (AvgIpc) is 2.84. The molecule has 1 aromatic rings. The van der Waals surface area contributed by atoms with Crippen LogP contribution in [-0.4, -0.2) is 66.8 Å². The minimum Gasteiger partial charge on any atom is -0.348 e. The van der Waals surface area contributed by atoms with Crippen LogP contribution in [0.15, 0.2) is 24.3 Å². The van der Waals surface area contributed by atoms with Crippen LogP contribution >= 0.6 is 0 Å². The van der Waals surface area contributed by atoms with Gasteiger partial charge in [-0.2, -0.15) is 0 Å². The van der Waals surface area contributed by atoms with Gasteiger partial charge in [0.15, 0.2) is 0 Å². The molecule has 2 fully saturated rings. The first-order chi connectivity index (χ1) is 11.9. The zero-order valence-electron chi connectivity index (χ0n) is 15.0. The quantitative estimate of drug-likeness (QED) is 0.833. The number of piperidine rings is 1. The summed E-state index contributed by atoms with van der Waals surface area (Å²) in [5.74, 6) is -0.0530. The Kier molecular flexibility index (Phi) is 5.08. The molecule has 0 saturated carbocycles. The fourth-order valence-electron chi connectivity index (χ4n) is 3.97. The van der Waals surface area contributed by atoms with Gasteiger partial charge in [-0.25, -0.2) is 4.39 Å². The molecule has 0 N–H and O–H groups in total. The Morgan fingerprint density at radius 3 is 2.80 bits per heavy atom. The zero-order valence-corrected chi connectivity index (χ0v) is 15.0. The van der Waals surface area contributed by atoms with Crippen molar-refractivity contribution in [2.45, 2.75) is 25.8 Å². The first-order valence-corrected chi connectivity index (χ1v) is 8.86. The van der Waals surface area contributed by atoms with Crippen molar-refractivity contribution in [2.75, 3.05) is 40.3 Å². The molecule has 2 amide bonds. The second kappa shape index (κ2) is 7.12. The molecule has 136 valence electrons. The van der Waals surface area contributed by atoms with Crippen LogP contribution in [0.1, 0.15) is 24.8 Å². The van der Waals surface area contributed by atoms with Gasteiger partial charge in [0.1, 0.15) is 5.82 Å². The highest BCUT2D eigenvalue weighted by atomic mass is 19.1.